The highest BCUT2D eigenvalue weighted by atomic mass is 32.1. The van der Waals surface area contributed by atoms with Crippen LogP contribution in [0.1, 0.15) is 11.0 Å². The zero-order valence-electron chi connectivity index (χ0n) is 37.6. The van der Waals surface area contributed by atoms with Crippen molar-refractivity contribution in [2.45, 2.75) is 0 Å². The number of aromatic nitrogens is 4. The van der Waals surface area contributed by atoms with Gasteiger partial charge >= 0.3 is 0 Å². The van der Waals surface area contributed by atoms with Crippen molar-refractivity contribution in [3.05, 3.63) is 194 Å². The minimum Gasteiger partial charge on any atom is -0.308 e. The molecule has 3 heterocycles. The molecule has 5 heteroatoms. The van der Waals surface area contributed by atoms with Crippen LogP contribution in [0, 0.1) is 0 Å². The predicted molar refractivity (Wildman–Crippen MR) is 234 cm³/mol. The van der Waals surface area contributed by atoms with E-state index in [2.05, 4.69) is 18.2 Å². The number of hydrogen-bond donors (Lipinski definition) is 0. The lowest BCUT2D eigenvalue weighted by atomic mass is 9.97. The molecule has 0 radical (unpaired) electrons. The van der Waals surface area contributed by atoms with Gasteiger partial charge in [0.1, 0.15) is 0 Å². The van der Waals surface area contributed by atoms with Crippen molar-refractivity contribution in [1.29, 1.82) is 0 Å². The van der Waals surface area contributed by atoms with Gasteiger partial charge in [-0.1, -0.05) is 152 Å². The number of fused-ring (bicyclic) bond motifs is 6. The van der Waals surface area contributed by atoms with Gasteiger partial charge in [0.2, 0.25) is 0 Å². The van der Waals surface area contributed by atoms with Gasteiger partial charge in [0.05, 0.1) is 27.7 Å². The summed E-state index contributed by atoms with van der Waals surface area (Å²) < 4.78 is 75.9. The molecule has 0 saturated heterocycles. The van der Waals surface area contributed by atoms with Crippen LogP contribution in [-0.4, -0.2) is 19.5 Å². The topological polar surface area (TPSA) is 43.6 Å². The Morgan fingerprint density at radius 3 is 1.77 bits per heavy atom. The lowest BCUT2D eigenvalue weighted by Crippen LogP contribution is -2.04. The van der Waals surface area contributed by atoms with Crippen LogP contribution in [0.3, 0.4) is 0 Å². The Bertz CT molecular complexity index is 3640. The van der Waals surface area contributed by atoms with Gasteiger partial charge in [0.15, 0.2) is 17.5 Å². The summed E-state index contributed by atoms with van der Waals surface area (Å²) in [5, 5.41) is 2.08. The normalized spacial score (nSPS) is 13.6. The summed E-state index contributed by atoms with van der Waals surface area (Å²) in [6.07, 6.45) is 0. The van der Waals surface area contributed by atoms with Crippen LogP contribution < -0.4 is 0 Å². The number of rotatable bonds is 6. The first kappa shape index (κ1) is 25.0. The van der Waals surface area contributed by atoms with Crippen molar-refractivity contribution in [2.24, 2.45) is 0 Å². The maximum absolute atomic E-state index is 9.38. The van der Waals surface area contributed by atoms with E-state index in [9.17, 15) is 2.74 Å². The molecule has 0 aliphatic heterocycles. The first-order valence-corrected chi connectivity index (χ1v) is 18.9. The molecule has 0 atom stereocenters. The number of hydrogen-bond acceptors (Lipinski definition) is 4. The van der Waals surface area contributed by atoms with Gasteiger partial charge in [-0.3, -0.25) is 0 Å². The molecule has 0 fully saturated rings. The van der Waals surface area contributed by atoms with Crippen molar-refractivity contribution in [2.75, 3.05) is 0 Å². The highest BCUT2D eigenvalue weighted by Gasteiger charge is 2.21. The van der Waals surface area contributed by atoms with Crippen molar-refractivity contribution in [3.8, 4) is 62.1 Å². The largest absolute Gasteiger partial charge is 0.308 e. The molecule has 4 nitrogen and oxygen atoms in total. The van der Waals surface area contributed by atoms with Crippen LogP contribution in [-0.2, 0) is 0 Å². The van der Waals surface area contributed by atoms with E-state index in [4.69, 9.17) is 23.2 Å². The fraction of sp³-hybridized carbons (Fsp3) is 0. The van der Waals surface area contributed by atoms with Gasteiger partial charge in [-0.15, -0.1) is 11.3 Å². The van der Waals surface area contributed by atoms with Gasteiger partial charge in [0, 0.05) is 47.6 Å². The molecule has 8 aromatic carbocycles. The summed E-state index contributed by atoms with van der Waals surface area (Å²) >= 11 is 1.69. The number of benzene rings is 8. The molecule has 3 aromatic heterocycles. The highest BCUT2D eigenvalue weighted by molar-refractivity contribution is 7.25. The third-order valence-electron chi connectivity index (χ3n) is 10.1. The number of thiophene rings is 1. The predicted octanol–water partition coefficient (Wildman–Crippen LogP) is 13.7. The molecule has 0 spiro atoms. The van der Waals surface area contributed by atoms with Crippen LogP contribution in [0.5, 0.6) is 0 Å². The van der Waals surface area contributed by atoms with E-state index in [1.54, 1.807) is 15.9 Å². The summed E-state index contributed by atoms with van der Waals surface area (Å²) in [5.74, 6) is 1.02. The molecule has 0 aliphatic carbocycles. The zero-order valence-corrected chi connectivity index (χ0v) is 30.4. The molecular weight excluding hydrogens is 701 g/mol. The van der Waals surface area contributed by atoms with Gasteiger partial charge < -0.3 is 4.57 Å². The second kappa shape index (κ2) is 13.3. The standard InChI is InChI=1S/C51H32N4S/c1-3-15-33(16-4-1)35-19-13-20-37(31-35)50-52-49(34-17-5-2-6-18-34)53-51(54-50)41-30-29-36(38-24-14-28-47-48(38)42-23-9-12-27-46(42)56-47)32-45(41)55-43-25-10-7-21-39(43)40-22-8-11-26-44(40)55/h1-32H/i7D,8D,10D,11D,21D,22D,25D,26D. The zero-order chi connectivity index (χ0) is 44.0. The second-order valence-corrected chi connectivity index (χ2v) is 14.5. The Morgan fingerprint density at radius 2 is 1.00 bits per heavy atom. The number of para-hydroxylation sites is 2. The van der Waals surface area contributed by atoms with Gasteiger partial charge in [-0.25, -0.2) is 15.0 Å². The summed E-state index contributed by atoms with van der Waals surface area (Å²) in [7, 11) is 0. The third-order valence-corrected chi connectivity index (χ3v) is 11.3. The minimum absolute atomic E-state index is 0.00119. The van der Waals surface area contributed by atoms with Gasteiger partial charge in [-0.05, 0) is 64.7 Å². The third kappa shape index (κ3) is 5.40. The van der Waals surface area contributed by atoms with E-state index < -0.39 is 48.3 Å². The van der Waals surface area contributed by atoms with Crippen molar-refractivity contribution >= 4 is 53.3 Å². The molecule has 11 rings (SSSR count). The molecule has 0 saturated carbocycles. The average Bonchev–Trinajstić information content (AvgIpc) is 3.91. The van der Waals surface area contributed by atoms with E-state index in [-0.39, 0.29) is 27.6 Å². The lowest BCUT2D eigenvalue weighted by molar-refractivity contribution is 1.06. The number of nitrogens with zero attached hydrogens (tertiary/aromatic N) is 4. The quantitative estimate of drug-likeness (QED) is 0.170. The summed E-state index contributed by atoms with van der Waals surface area (Å²) in [5.41, 5.74) is 5.91. The summed E-state index contributed by atoms with van der Waals surface area (Å²) in [6.45, 7) is 0. The van der Waals surface area contributed by atoms with E-state index in [1.807, 2.05) is 127 Å². The Kier molecular flexibility index (Phi) is 5.92. The Hall–Kier alpha value is -7.21. The van der Waals surface area contributed by atoms with E-state index >= 15 is 0 Å². The Morgan fingerprint density at radius 1 is 0.411 bits per heavy atom. The highest BCUT2D eigenvalue weighted by Crippen LogP contribution is 2.43. The minimum atomic E-state index is -0.513. The van der Waals surface area contributed by atoms with Crippen molar-refractivity contribution in [3.63, 3.8) is 0 Å². The Labute approximate surface area is 338 Å². The molecule has 0 bridgehead atoms. The molecule has 56 heavy (non-hydrogen) atoms. The molecule has 0 unspecified atom stereocenters. The Balaban J connectivity index is 1.28. The van der Waals surface area contributed by atoms with E-state index in [0.717, 1.165) is 53.6 Å². The first-order valence-electron chi connectivity index (χ1n) is 22.1. The second-order valence-electron chi connectivity index (χ2n) is 13.4. The van der Waals surface area contributed by atoms with Gasteiger partial charge in [0.25, 0.3) is 0 Å². The van der Waals surface area contributed by atoms with Crippen LogP contribution in [0.4, 0.5) is 0 Å². The molecule has 0 aliphatic rings. The SMILES string of the molecule is [2H]c1c([2H])c([2H])c2c(c1[2H])c1c([2H])c([2H])c([2H])c([2H])c1n2-c1cc(-c2cccc3sc4ccccc4c23)ccc1-c1nc(-c2ccccc2)nc(-c2cccc(-c3ccccc3)c2)n1. The average molecular weight is 741 g/mol. The van der Waals surface area contributed by atoms with Crippen LogP contribution in [0.15, 0.2) is 194 Å². The first-order chi connectivity index (χ1) is 31.1. The van der Waals surface area contributed by atoms with Crippen LogP contribution in [0.25, 0.3) is 104 Å². The molecule has 262 valence electrons. The molecular formula is C51H32N4S. The fourth-order valence-electron chi connectivity index (χ4n) is 7.56. The monoisotopic (exact) mass is 740 g/mol. The molecule has 0 N–H and O–H groups in total. The maximum Gasteiger partial charge on any atom is 0.166 e. The van der Waals surface area contributed by atoms with Crippen molar-refractivity contribution < 1.29 is 11.0 Å². The molecule has 0 amide bonds. The lowest BCUT2D eigenvalue weighted by Gasteiger charge is -2.17. The van der Waals surface area contributed by atoms with Crippen molar-refractivity contribution in [1.82, 2.24) is 19.5 Å². The fourth-order valence-corrected chi connectivity index (χ4v) is 8.69. The summed E-state index contributed by atoms with van der Waals surface area (Å²) in [4.78, 5) is 15.3. The summed E-state index contributed by atoms with van der Waals surface area (Å²) in [6, 6.07) is 44.0. The maximum atomic E-state index is 9.38. The van der Waals surface area contributed by atoms with E-state index in [0.29, 0.717) is 22.9 Å². The molecule has 11 aromatic rings. The van der Waals surface area contributed by atoms with Crippen LogP contribution in [0.2, 0.25) is 0 Å². The van der Waals surface area contributed by atoms with Crippen LogP contribution >= 0.6 is 11.3 Å². The smallest absolute Gasteiger partial charge is 0.166 e. The van der Waals surface area contributed by atoms with Gasteiger partial charge in [-0.2, -0.15) is 0 Å². The van der Waals surface area contributed by atoms with E-state index in [1.165, 1.54) is 0 Å².